The molecule has 3 aromatic rings. The summed E-state index contributed by atoms with van der Waals surface area (Å²) >= 11 is 6.80. The molecule has 3 aromatic carbocycles. The maximum atomic E-state index is 13.7. The molecule has 3 N–H and O–H groups in total. The molecule has 0 bridgehead atoms. The molecule has 2 amide bonds. The molecule has 4 rings (SSSR count). The quantitative estimate of drug-likeness (QED) is 0.237. The molecule has 0 spiro atoms. The Morgan fingerprint density at radius 3 is 2.58 bits per heavy atom. The van der Waals surface area contributed by atoms with Crippen LogP contribution in [0.15, 0.2) is 66.7 Å². The zero-order valence-electron chi connectivity index (χ0n) is 19.4. The molecule has 2 atom stereocenters. The minimum Gasteiger partial charge on any atom is -0.326 e. The molecule has 182 valence electrons. The Balaban J connectivity index is 1.44. The molecule has 6 nitrogen and oxygen atoms in total. The van der Waals surface area contributed by atoms with E-state index in [2.05, 4.69) is 16.0 Å². The van der Waals surface area contributed by atoms with Crippen LogP contribution in [-0.2, 0) is 27.2 Å². The van der Waals surface area contributed by atoms with Crippen molar-refractivity contribution in [2.75, 3.05) is 17.2 Å². The first-order valence-corrected chi connectivity index (χ1v) is 14.2. The monoisotopic (exact) mass is 697 g/mol. The Kier molecular flexibility index (Phi) is 8.87. The average molecular weight is 697 g/mol. The van der Waals surface area contributed by atoms with E-state index in [-0.39, 0.29) is 30.0 Å². The molecular weight excluding hydrogens is 673 g/mol. The van der Waals surface area contributed by atoms with Gasteiger partial charge in [0.15, 0.2) is 0 Å². The van der Waals surface area contributed by atoms with E-state index in [0.29, 0.717) is 59.4 Å². The van der Waals surface area contributed by atoms with Crippen LogP contribution in [0.2, 0.25) is 0 Å². The molecule has 0 fully saturated rings. The van der Waals surface area contributed by atoms with Crippen molar-refractivity contribution in [2.45, 2.75) is 30.7 Å². The average Bonchev–Trinajstić information content (AvgIpc) is 2.88. The number of hydrogen-bond donors (Lipinski definition) is 3. The summed E-state index contributed by atoms with van der Waals surface area (Å²) in [6.07, 6.45) is 1.35. The number of Topliss-reactive ketones (excluding diaryl/α,β-unsaturated/α-hetero) is 1. The first kappa shape index (κ1) is 26.4. The molecule has 36 heavy (non-hydrogen) atoms. The maximum absolute atomic E-state index is 13.7. The van der Waals surface area contributed by atoms with Crippen LogP contribution in [0.5, 0.6) is 0 Å². The summed E-state index contributed by atoms with van der Waals surface area (Å²) in [6.45, 7) is -0.107. The first-order chi connectivity index (χ1) is 17.3. The van der Waals surface area contributed by atoms with Gasteiger partial charge in [-0.05, 0) is 18.1 Å². The summed E-state index contributed by atoms with van der Waals surface area (Å²) < 4.78 is 14.3. The fourth-order valence-corrected chi connectivity index (χ4v) is 5.30. The van der Waals surface area contributed by atoms with Gasteiger partial charge in [0.05, 0.1) is 0 Å². The molecule has 0 aromatic heterocycles. The molecule has 0 aliphatic carbocycles. The number of nitrogens with one attached hydrogen (secondary N) is 3. The summed E-state index contributed by atoms with van der Waals surface area (Å²) in [6, 6.07) is 18.6. The minimum atomic E-state index is -0.897. The number of alkyl halides is 1. The third-order valence-electron chi connectivity index (χ3n) is 5.99. The molecule has 9 heteroatoms. The van der Waals surface area contributed by atoms with Gasteiger partial charge in [-0.1, -0.05) is 0 Å². The Bertz CT molecular complexity index is 1290. The fraction of sp³-hybridized carbons (Fsp3) is 0.222. The molecular formula is C27H24ClFN3O3Tl. The van der Waals surface area contributed by atoms with Crippen LogP contribution < -0.4 is 19.1 Å². The fourth-order valence-electron chi connectivity index (χ4n) is 4.02. The number of benzene rings is 3. The van der Waals surface area contributed by atoms with Gasteiger partial charge in [0.25, 0.3) is 0 Å². The van der Waals surface area contributed by atoms with Gasteiger partial charge < -0.3 is 5.32 Å². The Hall–Kier alpha value is -2.63. The molecule has 0 radical (unpaired) electrons. The van der Waals surface area contributed by atoms with Gasteiger partial charge in [0, 0.05) is 12.1 Å². The number of halogens is 2. The van der Waals surface area contributed by atoms with Crippen LogP contribution >= 0.6 is 11.6 Å². The van der Waals surface area contributed by atoms with E-state index in [1.807, 2.05) is 36.4 Å². The minimum absolute atomic E-state index is 0.0287. The van der Waals surface area contributed by atoms with Gasteiger partial charge >= 0.3 is 184 Å². The van der Waals surface area contributed by atoms with Crippen molar-refractivity contribution in [3.8, 4) is 0 Å². The van der Waals surface area contributed by atoms with E-state index >= 15 is 0 Å². The number of aryl methyl sites for hydroxylation is 1. The predicted octanol–water partition coefficient (Wildman–Crippen LogP) is 3.19. The number of carbonyl (C=O) groups excluding carboxylic acids is 3. The van der Waals surface area contributed by atoms with E-state index < -0.39 is 11.4 Å². The summed E-state index contributed by atoms with van der Waals surface area (Å²) in [5.41, 5.74) is 3.78. The number of hydrogen-bond acceptors (Lipinski definition) is 4. The van der Waals surface area contributed by atoms with Gasteiger partial charge in [-0.15, -0.1) is 0 Å². The van der Waals surface area contributed by atoms with Crippen LogP contribution in [0.25, 0.3) is 0 Å². The summed E-state index contributed by atoms with van der Waals surface area (Å²) in [4.78, 5) is 37.7. The van der Waals surface area contributed by atoms with Crippen LogP contribution in [0.4, 0.5) is 15.8 Å². The van der Waals surface area contributed by atoms with Gasteiger partial charge in [-0.2, -0.15) is 0 Å². The Morgan fingerprint density at radius 2 is 1.83 bits per heavy atom. The van der Waals surface area contributed by atoms with Gasteiger partial charge in [0.2, 0.25) is 5.91 Å². The first-order valence-electron chi connectivity index (χ1n) is 11.5. The summed E-state index contributed by atoms with van der Waals surface area (Å²) in [5.74, 6) is -0.898. The molecule has 0 saturated heterocycles. The summed E-state index contributed by atoms with van der Waals surface area (Å²) in [7, 11) is 0. The van der Waals surface area contributed by atoms with Gasteiger partial charge in [0.1, 0.15) is 0 Å². The molecule has 0 saturated carbocycles. The number of anilines is 2. The van der Waals surface area contributed by atoms with Crippen molar-refractivity contribution >= 4 is 69.5 Å². The van der Waals surface area contributed by atoms with Crippen molar-refractivity contribution in [1.29, 1.82) is 0 Å². The number of fused-ring (bicyclic) bond motifs is 1. The molecule has 1 aliphatic heterocycles. The second kappa shape index (κ2) is 12.1. The van der Waals surface area contributed by atoms with Crippen LogP contribution in [0.1, 0.15) is 28.5 Å². The standard InChI is InChI=1S/C27H24ClFN3O3.Tl/c28-26(19-6-12-22-18(15-19)7-13-25(34)32-22)24(33)16-30-23(14-17-4-2-1-3-5-17)27(35)31-21-10-8-20(29)9-11-21;/h1-6,8,10-12,15,23,26,30H,7,13-14,16H2,(H,31,35)(H,32,34);. The van der Waals surface area contributed by atoms with Crippen molar-refractivity contribution < 1.29 is 18.8 Å². The zero-order chi connectivity index (χ0) is 25.7. The number of amides is 2. The summed E-state index contributed by atoms with van der Waals surface area (Å²) in [5, 5.41) is 7.82. The van der Waals surface area contributed by atoms with Crippen molar-refractivity contribution in [1.82, 2.24) is 5.32 Å². The van der Waals surface area contributed by atoms with E-state index in [9.17, 15) is 18.8 Å². The SMILES string of the molecule is O=C1CCc2cc(C(Cl)C(=O)CNC(Cc3ccccc3)C(=O)Nc3ccc(F)[c]([Tl])c3)ccc2N1. The van der Waals surface area contributed by atoms with Crippen molar-refractivity contribution in [2.24, 2.45) is 0 Å². The Labute approximate surface area is 229 Å². The normalized spacial score (nSPS) is 14.3. The molecule has 1 heterocycles. The van der Waals surface area contributed by atoms with E-state index in [1.165, 1.54) is 12.1 Å². The second-order valence-electron chi connectivity index (χ2n) is 8.64. The van der Waals surface area contributed by atoms with Crippen LogP contribution in [-0.4, -0.2) is 56.0 Å². The number of ketones is 1. The topological polar surface area (TPSA) is 87.3 Å². The van der Waals surface area contributed by atoms with E-state index in [0.717, 1.165) is 16.8 Å². The van der Waals surface area contributed by atoms with Crippen LogP contribution in [0, 0.1) is 5.82 Å². The van der Waals surface area contributed by atoms with Gasteiger partial charge in [-0.25, -0.2) is 0 Å². The number of rotatable bonds is 9. The smallest absolute Gasteiger partial charge is 0.326 e. The molecule has 2 unspecified atom stereocenters. The number of carbonyl (C=O) groups is 3. The zero-order valence-corrected chi connectivity index (χ0v) is 24.6. The van der Waals surface area contributed by atoms with Crippen LogP contribution in [0.3, 0.4) is 0 Å². The predicted molar refractivity (Wildman–Crippen MR) is 139 cm³/mol. The third-order valence-corrected chi connectivity index (χ3v) is 8.20. The van der Waals surface area contributed by atoms with Crippen molar-refractivity contribution in [3.05, 3.63) is 89.2 Å². The van der Waals surface area contributed by atoms with E-state index in [1.54, 1.807) is 18.2 Å². The Morgan fingerprint density at radius 1 is 1.06 bits per heavy atom. The molecule has 1 aliphatic rings. The van der Waals surface area contributed by atoms with Crippen molar-refractivity contribution in [3.63, 3.8) is 0 Å². The third kappa shape index (κ3) is 6.77. The van der Waals surface area contributed by atoms with E-state index in [4.69, 9.17) is 11.6 Å². The second-order valence-corrected chi connectivity index (χ2v) is 11.5. The van der Waals surface area contributed by atoms with Gasteiger partial charge in [-0.3, -0.25) is 4.79 Å².